The molecule has 0 unspecified atom stereocenters. The summed E-state index contributed by atoms with van der Waals surface area (Å²) in [6, 6.07) is 7.07. The van der Waals surface area contributed by atoms with Crippen LogP contribution in [0.2, 0.25) is 0 Å². The molecule has 0 aromatic heterocycles. The number of carboxylic acids is 1. The first-order chi connectivity index (χ1) is 16.7. The molecule has 1 atom stereocenters. The minimum Gasteiger partial charge on any atom is -0.478 e. The number of aromatic carboxylic acids is 1. The standard InChI is InChI=1S/C29H43N3O3/c1-5-6-10-24(21-11-13-22(14-12-21)27(34)35)32-26(33)25(31-19-8-7-9-20-31)30-29(32)17-15-23(16-18-29)28(2,3)4/h11-14,23-24H,5-10,15-20H2,1-4H3,(H,34,35)/t23?,24-,29?/m1/s1. The minimum atomic E-state index is -0.924. The topological polar surface area (TPSA) is 73.2 Å². The second-order valence-electron chi connectivity index (χ2n) is 11.9. The number of hydrogen-bond donors (Lipinski definition) is 1. The predicted molar refractivity (Wildman–Crippen MR) is 140 cm³/mol. The van der Waals surface area contributed by atoms with Gasteiger partial charge in [-0.25, -0.2) is 9.79 Å². The van der Waals surface area contributed by atoms with Crippen LogP contribution in [0, 0.1) is 11.3 Å². The highest BCUT2D eigenvalue weighted by Gasteiger charge is 2.53. The molecule has 1 aliphatic carbocycles. The van der Waals surface area contributed by atoms with Gasteiger partial charge >= 0.3 is 5.97 Å². The number of amidine groups is 1. The molecular weight excluding hydrogens is 438 g/mol. The van der Waals surface area contributed by atoms with E-state index in [2.05, 4.69) is 37.5 Å². The largest absolute Gasteiger partial charge is 0.478 e. The lowest BCUT2D eigenvalue weighted by Crippen LogP contribution is -2.52. The summed E-state index contributed by atoms with van der Waals surface area (Å²) in [6.45, 7) is 11.0. The lowest BCUT2D eigenvalue weighted by atomic mass is 9.69. The Kier molecular flexibility index (Phi) is 7.58. The summed E-state index contributed by atoms with van der Waals surface area (Å²) in [5, 5.41) is 9.39. The van der Waals surface area contributed by atoms with Gasteiger partial charge in [-0.3, -0.25) is 4.79 Å². The third-order valence-electron chi connectivity index (χ3n) is 8.52. The van der Waals surface area contributed by atoms with Crippen LogP contribution < -0.4 is 0 Å². The number of carbonyl (C=O) groups is 2. The van der Waals surface area contributed by atoms with Gasteiger partial charge in [0.05, 0.1) is 11.6 Å². The zero-order chi connectivity index (χ0) is 25.2. The number of likely N-dealkylation sites (tertiary alicyclic amines) is 1. The van der Waals surface area contributed by atoms with Gasteiger partial charge < -0.3 is 14.9 Å². The Morgan fingerprint density at radius 1 is 1.11 bits per heavy atom. The van der Waals surface area contributed by atoms with E-state index >= 15 is 0 Å². The van der Waals surface area contributed by atoms with Crippen LogP contribution in [0.1, 0.15) is 114 Å². The number of aliphatic imine (C=N–C) groups is 1. The van der Waals surface area contributed by atoms with Crippen LogP contribution >= 0.6 is 0 Å². The zero-order valence-electron chi connectivity index (χ0n) is 22.1. The van der Waals surface area contributed by atoms with Crippen LogP contribution in [0.15, 0.2) is 29.3 Å². The van der Waals surface area contributed by atoms with Crippen molar-refractivity contribution in [2.45, 2.75) is 104 Å². The lowest BCUT2D eigenvalue weighted by molar-refractivity contribution is -0.134. The Hall–Kier alpha value is -2.37. The SMILES string of the molecule is CCCC[C@H](c1ccc(C(=O)O)cc1)N1C(=O)C(N2CCCCC2)=NC12CCC(C(C)(C)C)CC2. The maximum atomic E-state index is 14.2. The molecular formula is C29H43N3O3. The summed E-state index contributed by atoms with van der Waals surface area (Å²) in [4.78, 5) is 35.3. The molecule has 2 fully saturated rings. The summed E-state index contributed by atoms with van der Waals surface area (Å²) < 4.78 is 0. The molecule has 6 heteroatoms. The van der Waals surface area contributed by atoms with Gasteiger partial charge in [0, 0.05) is 13.1 Å². The summed E-state index contributed by atoms with van der Waals surface area (Å²) in [6.07, 6.45) is 10.3. The summed E-state index contributed by atoms with van der Waals surface area (Å²) in [5.41, 5.74) is 1.06. The highest BCUT2D eigenvalue weighted by Crippen LogP contribution is 2.49. The van der Waals surface area contributed by atoms with Gasteiger partial charge in [0.2, 0.25) is 0 Å². The van der Waals surface area contributed by atoms with Crippen LogP contribution in [0.4, 0.5) is 0 Å². The lowest BCUT2D eigenvalue weighted by Gasteiger charge is -2.47. The molecule has 35 heavy (non-hydrogen) atoms. The Balaban J connectivity index is 1.71. The number of carbonyl (C=O) groups excluding carboxylic acids is 1. The maximum absolute atomic E-state index is 14.2. The molecule has 0 bridgehead atoms. The molecule has 1 aromatic carbocycles. The molecule has 1 saturated carbocycles. The summed E-state index contributed by atoms with van der Waals surface area (Å²) in [5.74, 6) is 0.446. The molecule has 2 aliphatic heterocycles. The first kappa shape index (κ1) is 25.7. The number of amides is 1. The molecule has 1 amide bonds. The molecule has 192 valence electrons. The number of nitrogens with zero attached hydrogens (tertiary/aromatic N) is 3. The van der Waals surface area contributed by atoms with Crippen LogP contribution in [-0.4, -0.2) is 51.4 Å². The van der Waals surface area contributed by atoms with Gasteiger partial charge in [-0.15, -0.1) is 0 Å². The predicted octanol–water partition coefficient (Wildman–Crippen LogP) is 6.28. The number of rotatable bonds is 6. The van der Waals surface area contributed by atoms with Gasteiger partial charge in [-0.2, -0.15) is 0 Å². The van der Waals surface area contributed by atoms with Crippen molar-refractivity contribution in [1.29, 1.82) is 0 Å². The molecule has 0 radical (unpaired) electrons. The fourth-order valence-electron chi connectivity index (χ4n) is 6.33. The first-order valence-corrected chi connectivity index (χ1v) is 13.7. The number of hydrogen-bond acceptors (Lipinski definition) is 4. The molecule has 3 aliphatic rings. The van der Waals surface area contributed by atoms with E-state index in [-0.39, 0.29) is 22.9 Å². The summed E-state index contributed by atoms with van der Waals surface area (Å²) in [7, 11) is 0. The Morgan fingerprint density at radius 2 is 1.74 bits per heavy atom. The van der Waals surface area contributed by atoms with Crippen molar-refractivity contribution in [3.8, 4) is 0 Å². The van der Waals surface area contributed by atoms with Crippen molar-refractivity contribution in [2.24, 2.45) is 16.3 Å². The third kappa shape index (κ3) is 5.26. The van der Waals surface area contributed by atoms with Crippen LogP contribution in [0.25, 0.3) is 0 Å². The average Bonchev–Trinajstić information content (AvgIpc) is 3.11. The zero-order valence-corrected chi connectivity index (χ0v) is 22.1. The Labute approximate surface area is 210 Å². The molecule has 1 saturated heterocycles. The highest BCUT2D eigenvalue weighted by molar-refractivity contribution is 6.39. The third-order valence-corrected chi connectivity index (χ3v) is 8.52. The van der Waals surface area contributed by atoms with Crippen molar-refractivity contribution < 1.29 is 14.7 Å². The van der Waals surface area contributed by atoms with E-state index in [1.54, 1.807) is 12.1 Å². The quantitative estimate of drug-likeness (QED) is 0.519. The van der Waals surface area contributed by atoms with E-state index in [1.807, 2.05) is 12.1 Å². The molecule has 1 aromatic rings. The van der Waals surface area contributed by atoms with E-state index in [0.29, 0.717) is 11.8 Å². The van der Waals surface area contributed by atoms with Crippen LogP contribution in [0.5, 0.6) is 0 Å². The van der Waals surface area contributed by atoms with Crippen molar-refractivity contribution >= 4 is 17.7 Å². The van der Waals surface area contributed by atoms with Gasteiger partial charge in [0.25, 0.3) is 5.91 Å². The van der Waals surface area contributed by atoms with Crippen molar-refractivity contribution in [3.05, 3.63) is 35.4 Å². The van der Waals surface area contributed by atoms with Crippen LogP contribution in [0.3, 0.4) is 0 Å². The monoisotopic (exact) mass is 481 g/mol. The van der Waals surface area contributed by atoms with Gasteiger partial charge in [-0.05, 0) is 80.4 Å². The molecule has 1 spiro atoms. The molecule has 2 heterocycles. The fourth-order valence-corrected chi connectivity index (χ4v) is 6.33. The van der Waals surface area contributed by atoms with E-state index in [4.69, 9.17) is 4.99 Å². The number of benzene rings is 1. The molecule has 6 nitrogen and oxygen atoms in total. The van der Waals surface area contributed by atoms with Gasteiger partial charge in [-0.1, -0.05) is 52.7 Å². The Bertz CT molecular complexity index is 933. The van der Waals surface area contributed by atoms with E-state index in [1.165, 1.54) is 6.42 Å². The fraction of sp³-hybridized carbons (Fsp3) is 0.690. The second-order valence-corrected chi connectivity index (χ2v) is 11.9. The number of piperidine rings is 1. The maximum Gasteiger partial charge on any atom is 0.335 e. The second kappa shape index (κ2) is 10.3. The minimum absolute atomic E-state index is 0.0736. The molecule has 4 rings (SSSR count). The average molecular weight is 482 g/mol. The summed E-state index contributed by atoms with van der Waals surface area (Å²) >= 11 is 0. The van der Waals surface area contributed by atoms with Crippen LogP contribution in [-0.2, 0) is 4.79 Å². The highest BCUT2D eigenvalue weighted by atomic mass is 16.4. The smallest absolute Gasteiger partial charge is 0.335 e. The molecule has 1 N–H and O–H groups in total. The number of unbranched alkanes of at least 4 members (excludes halogenated alkanes) is 1. The van der Waals surface area contributed by atoms with Crippen molar-refractivity contribution in [2.75, 3.05) is 13.1 Å². The number of carboxylic acid groups (broad SMARTS) is 1. The van der Waals surface area contributed by atoms with E-state index in [9.17, 15) is 14.7 Å². The first-order valence-electron chi connectivity index (χ1n) is 13.7. The van der Waals surface area contributed by atoms with Crippen molar-refractivity contribution in [3.63, 3.8) is 0 Å². The Morgan fingerprint density at radius 3 is 2.29 bits per heavy atom. The van der Waals surface area contributed by atoms with E-state index < -0.39 is 11.6 Å². The van der Waals surface area contributed by atoms with Gasteiger partial charge in [0.15, 0.2) is 5.84 Å². The van der Waals surface area contributed by atoms with E-state index in [0.717, 1.165) is 76.4 Å². The van der Waals surface area contributed by atoms with Crippen molar-refractivity contribution in [1.82, 2.24) is 9.80 Å². The normalized spacial score (nSPS) is 26.2. The van der Waals surface area contributed by atoms with Gasteiger partial charge in [0.1, 0.15) is 5.66 Å².